The second kappa shape index (κ2) is 7.67. The van der Waals surface area contributed by atoms with Crippen molar-refractivity contribution in [2.45, 2.75) is 0 Å². The summed E-state index contributed by atoms with van der Waals surface area (Å²) in [5.74, 6) is -0.921. The number of rotatable bonds is 3. The zero-order chi connectivity index (χ0) is 19.3. The Bertz CT molecular complexity index is 1150. The van der Waals surface area contributed by atoms with Crippen LogP contribution in [-0.2, 0) is 0 Å². The smallest absolute Gasteiger partial charge is 0.267 e. The average molecular weight is 368 g/mol. The van der Waals surface area contributed by atoms with Gasteiger partial charge in [-0.25, -0.2) is 4.98 Å². The second-order valence-electron chi connectivity index (χ2n) is 6.06. The number of hydrogen-bond donors (Lipinski definition) is 2. The molecule has 2 aromatic heterocycles. The highest BCUT2D eigenvalue weighted by atomic mass is 16.2. The molecule has 6 nitrogen and oxygen atoms in total. The van der Waals surface area contributed by atoms with E-state index < -0.39 is 11.8 Å². The fraction of sp³-hybridized carbons (Fsp3) is 0. The zero-order valence-electron chi connectivity index (χ0n) is 14.8. The molecule has 0 radical (unpaired) electrons. The summed E-state index contributed by atoms with van der Waals surface area (Å²) in [4.78, 5) is 33.5. The molecule has 0 spiro atoms. The Morgan fingerprint density at radius 1 is 0.750 bits per heavy atom. The van der Waals surface area contributed by atoms with Crippen LogP contribution < -0.4 is 10.9 Å². The van der Waals surface area contributed by atoms with Gasteiger partial charge in [-0.15, -0.1) is 0 Å². The third kappa shape index (κ3) is 3.57. The van der Waals surface area contributed by atoms with Crippen LogP contribution >= 0.6 is 0 Å². The quantitative estimate of drug-likeness (QED) is 0.543. The monoisotopic (exact) mass is 368 g/mol. The van der Waals surface area contributed by atoms with Crippen molar-refractivity contribution < 1.29 is 9.59 Å². The number of carbonyl (C=O) groups excluding carboxylic acids is 2. The van der Waals surface area contributed by atoms with Gasteiger partial charge in [0.2, 0.25) is 0 Å². The van der Waals surface area contributed by atoms with E-state index in [0.29, 0.717) is 22.2 Å². The summed E-state index contributed by atoms with van der Waals surface area (Å²) in [7, 11) is 0. The van der Waals surface area contributed by atoms with Crippen LogP contribution in [0, 0.1) is 0 Å². The zero-order valence-corrected chi connectivity index (χ0v) is 14.8. The molecule has 0 unspecified atom stereocenters. The number of pyridine rings is 2. The summed E-state index contributed by atoms with van der Waals surface area (Å²) in [5, 5.41) is 0.701. The van der Waals surface area contributed by atoms with Gasteiger partial charge in [0.05, 0.1) is 16.8 Å². The fourth-order valence-corrected chi connectivity index (χ4v) is 2.86. The van der Waals surface area contributed by atoms with E-state index in [1.165, 1.54) is 6.20 Å². The average Bonchev–Trinajstić information content (AvgIpc) is 2.77. The largest absolute Gasteiger partial charge is 0.288 e. The van der Waals surface area contributed by atoms with E-state index in [9.17, 15) is 9.59 Å². The van der Waals surface area contributed by atoms with Crippen molar-refractivity contribution in [1.29, 1.82) is 0 Å². The molecule has 4 rings (SSSR count). The van der Waals surface area contributed by atoms with Gasteiger partial charge in [0, 0.05) is 17.1 Å². The predicted molar refractivity (Wildman–Crippen MR) is 106 cm³/mol. The van der Waals surface area contributed by atoms with E-state index in [2.05, 4.69) is 20.8 Å². The van der Waals surface area contributed by atoms with Crippen molar-refractivity contribution in [2.75, 3.05) is 0 Å². The van der Waals surface area contributed by atoms with Crippen molar-refractivity contribution in [3.8, 4) is 11.3 Å². The van der Waals surface area contributed by atoms with Crippen LogP contribution in [0.3, 0.4) is 0 Å². The molecular weight excluding hydrogens is 352 g/mol. The molecule has 0 bridgehead atoms. The molecule has 2 amide bonds. The molecule has 4 aromatic rings. The highest BCUT2D eigenvalue weighted by molar-refractivity contribution is 6.08. The number of fused-ring (bicyclic) bond motifs is 1. The van der Waals surface area contributed by atoms with E-state index in [1.807, 2.05) is 54.6 Å². The first-order valence-corrected chi connectivity index (χ1v) is 8.69. The van der Waals surface area contributed by atoms with Crippen LogP contribution in [0.4, 0.5) is 0 Å². The third-order valence-electron chi connectivity index (χ3n) is 4.22. The first kappa shape index (κ1) is 17.4. The summed E-state index contributed by atoms with van der Waals surface area (Å²) in [5.41, 5.74) is 7.78. The molecule has 2 aromatic carbocycles. The van der Waals surface area contributed by atoms with Crippen molar-refractivity contribution >= 4 is 22.7 Å². The topological polar surface area (TPSA) is 84.0 Å². The lowest BCUT2D eigenvalue weighted by atomic mass is 10.0. The third-order valence-corrected chi connectivity index (χ3v) is 4.22. The SMILES string of the molecule is O=C(NNC(=O)c1cc(-c2ccccc2)nc2ccccc12)c1ccccn1. The molecule has 0 saturated heterocycles. The number of para-hydroxylation sites is 1. The van der Waals surface area contributed by atoms with Crippen LogP contribution in [0.5, 0.6) is 0 Å². The molecule has 136 valence electrons. The van der Waals surface area contributed by atoms with Crippen LogP contribution in [0.25, 0.3) is 22.2 Å². The molecule has 2 N–H and O–H groups in total. The maximum absolute atomic E-state index is 12.8. The van der Waals surface area contributed by atoms with Gasteiger partial charge >= 0.3 is 0 Å². The van der Waals surface area contributed by atoms with Crippen LogP contribution in [0.1, 0.15) is 20.8 Å². The second-order valence-corrected chi connectivity index (χ2v) is 6.06. The molecule has 28 heavy (non-hydrogen) atoms. The first-order chi connectivity index (χ1) is 13.7. The number of aromatic nitrogens is 2. The summed E-state index contributed by atoms with van der Waals surface area (Å²) < 4.78 is 0. The Morgan fingerprint density at radius 3 is 2.25 bits per heavy atom. The van der Waals surface area contributed by atoms with Gasteiger partial charge in [-0.3, -0.25) is 25.4 Å². The highest BCUT2D eigenvalue weighted by Gasteiger charge is 2.15. The van der Waals surface area contributed by atoms with Gasteiger partial charge < -0.3 is 0 Å². The standard InChI is InChI=1S/C22H16N4O2/c27-21(25-26-22(28)19-12-6-7-13-23-19)17-14-20(15-8-2-1-3-9-15)24-18-11-5-4-10-16(17)18/h1-14H,(H,25,27)(H,26,28). The maximum Gasteiger partial charge on any atom is 0.288 e. The molecule has 0 aliphatic rings. The van der Waals surface area contributed by atoms with Gasteiger partial charge in [0.1, 0.15) is 5.69 Å². The Balaban J connectivity index is 1.65. The number of nitrogens with one attached hydrogen (secondary N) is 2. The number of hydrazine groups is 1. The van der Waals surface area contributed by atoms with E-state index >= 15 is 0 Å². The van der Waals surface area contributed by atoms with Gasteiger partial charge in [-0.05, 0) is 24.3 Å². The van der Waals surface area contributed by atoms with Gasteiger partial charge in [-0.1, -0.05) is 54.6 Å². The maximum atomic E-state index is 12.8. The highest BCUT2D eigenvalue weighted by Crippen LogP contribution is 2.24. The normalized spacial score (nSPS) is 10.4. The summed E-state index contributed by atoms with van der Waals surface area (Å²) >= 11 is 0. The summed E-state index contributed by atoms with van der Waals surface area (Å²) in [6.07, 6.45) is 1.51. The lowest BCUT2D eigenvalue weighted by molar-refractivity contribution is 0.0845. The Morgan fingerprint density at radius 2 is 1.46 bits per heavy atom. The fourth-order valence-electron chi connectivity index (χ4n) is 2.86. The Labute approximate surface area is 161 Å². The predicted octanol–water partition coefficient (Wildman–Crippen LogP) is 3.37. The van der Waals surface area contributed by atoms with Gasteiger partial charge in [-0.2, -0.15) is 0 Å². The lowest BCUT2D eigenvalue weighted by Crippen LogP contribution is -2.42. The van der Waals surface area contributed by atoms with Crippen molar-refractivity contribution in [3.63, 3.8) is 0 Å². The minimum absolute atomic E-state index is 0.215. The van der Waals surface area contributed by atoms with E-state index in [1.54, 1.807) is 24.3 Å². The molecule has 6 heteroatoms. The van der Waals surface area contributed by atoms with E-state index in [-0.39, 0.29) is 5.69 Å². The molecule has 0 aliphatic heterocycles. The number of benzene rings is 2. The Hall–Kier alpha value is -4.06. The molecular formula is C22H16N4O2. The lowest BCUT2D eigenvalue weighted by Gasteiger charge is -2.11. The van der Waals surface area contributed by atoms with Gasteiger partial charge in [0.25, 0.3) is 11.8 Å². The van der Waals surface area contributed by atoms with E-state index in [0.717, 1.165) is 5.56 Å². The minimum Gasteiger partial charge on any atom is -0.267 e. The van der Waals surface area contributed by atoms with Crippen LogP contribution in [0.2, 0.25) is 0 Å². The molecule has 0 saturated carbocycles. The molecule has 0 aliphatic carbocycles. The van der Waals surface area contributed by atoms with Crippen molar-refractivity contribution in [3.05, 3.63) is 96.3 Å². The summed E-state index contributed by atoms with van der Waals surface area (Å²) in [6.45, 7) is 0. The number of nitrogens with zero attached hydrogens (tertiary/aromatic N) is 2. The number of amides is 2. The van der Waals surface area contributed by atoms with Crippen LogP contribution in [-0.4, -0.2) is 21.8 Å². The molecule has 0 fully saturated rings. The minimum atomic E-state index is -0.490. The van der Waals surface area contributed by atoms with Crippen LogP contribution in [0.15, 0.2) is 85.1 Å². The van der Waals surface area contributed by atoms with Gasteiger partial charge in [0.15, 0.2) is 0 Å². The molecule has 2 heterocycles. The van der Waals surface area contributed by atoms with E-state index in [4.69, 9.17) is 0 Å². The van der Waals surface area contributed by atoms with Crippen molar-refractivity contribution in [1.82, 2.24) is 20.8 Å². The first-order valence-electron chi connectivity index (χ1n) is 8.69. The number of carbonyl (C=O) groups is 2. The summed E-state index contributed by atoms with van der Waals surface area (Å²) in [6, 6.07) is 23.7. The molecule has 0 atom stereocenters. The van der Waals surface area contributed by atoms with Crippen molar-refractivity contribution in [2.24, 2.45) is 0 Å². The number of hydrogen-bond acceptors (Lipinski definition) is 4. The Kier molecular flexibility index (Phi) is 4.76.